The van der Waals surface area contributed by atoms with Gasteiger partial charge in [0.05, 0.1) is 30.3 Å². The number of benzene rings is 1. The van der Waals surface area contributed by atoms with Gasteiger partial charge in [-0.2, -0.15) is 0 Å². The number of fused-ring (bicyclic) bond motifs is 1. The van der Waals surface area contributed by atoms with Crippen LogP contribution in [-0.4, -0.2) is 48.8 Å². The molecule has 1 aromatic carbocycles. The Morgan fingerprint density at radius 2 is 1.77 bits per heavy atom. The molecule has 2 fully saturated rings. The number of hydrogen-bond acceptors (Lipinski definition) is 6. The van der Waals surface area contributed by atoms with Gasteiger partial charge in [-0.05, 0) is 43.2 Å². The van der Waals surface area contributed by atoms with E-state index in [0.717, 1.165) is 38.9 Å². The van der Waals surface area contributed by atoms with E-state index in [4.69, 9.17) is 14.3 Å². The van der Waals surface area contributed by atoms with E-state index < -0.39 is 17.8 Å². The van der Waals surface area contributed by atoms with Gasteiger partial charge in [-0.3, -0.25) is 9.59 Å². The minimum atomic E-state index is -0.632. The number of carbonyl (C=O) groups excluding carboxylic acids is 3. The van der Waals surface area contributed by atoms with Crippen molar-refractivity contribution < 1.29 is 28.7 Å². The van der Waals surface area contributed by atoms with Crippen LogP contribution in [0, 0.1) is 5.41 Å². The van der Waals surface area contributed by atoms with E-state index in [-0.39, 0.29) is 29.1 Å². The smallest absolute Gasteiger partial charge is 0.335 e. The van der Waals surface area contributed by atoms with Gasteiger partial charge in [0, 0.05) is 13.2 Å². The predicted molar refractivity (Wildman–Crippen MR) is 89.1 cm³/mol. The molecule has 3 heterocycles. The monoisotopic (exact) mass is 359 g/mol. The minimum Gasteiger partial charge on any atom is -0.381 e. The highest BCUT2D eigenvalue weighted by molar-refractivity contribution is 6.20. The van der Waals surface area contributed by atoms with E-state index in [9.17, 15) is 14.4 Å². The van der Waals surface area contributed by atoms with Crippen LogP contribution in [0.1, 0.15) is 52.8 Å². The summed E-state index contributed by atoms with van der Waals surface area (Å²) in [5.74, 6) is -1.85. The summed E-state index contributed by atoms with van der Waals surface area (Å²) in [6, 6.07) is 6.41. The first-order chi connectivity index (χ1) is 12.6. The molecule has 3 aliphatic heterocycles. The van der Waals surface area contributed by atoms with Crippen LogP contribution in [-0.2, 0) is 19.1 Å². The lowest BCUT2D eigenvalue weighted by molar-refractivity contribution is -0.175. The summed E-state index contributed by atoms with van der Waals surface area (Å²) in [6.45, 7) is 2.13. The summed E-state index contributed by atoms with van der Waals surface area (Å²) in [4.78, 5) is 41.7. The van der Waals surface area contributed by atoms with Crippen LogP contribution in [0.5, 0.6) is 0 Å². The number of ether oxygens (including phenoxy) is 2. The molecule has 0 N–H and O–H groups in total. The van der Waals surface area contributed by atoms with Gasteiger partial charge in [-0.15, -0.1) is 0 Å². The summed E-state index contributed by atoms with van der Waals surface area (Å²) < 4.78 is 11.3. The van der Waals surface area contributed by atoms with Gasteiger partial charge in [0.2, 0.25) is 0 Å². The van der Waals surface area contributed by atoms with Gasteiger partial charge in [0.15, 0.2) is 0 Å². The predicted octanol–water partition coefficient (Wildman–Crippen LogP) is 2.11. The SMILES string of the molecule is O=C(CC1CCC2(CCOCC2)CO1)ON1C(=O)c2ccccc2C1=O. The standard InChI is InChI=1S/C19H21NO6/c21-16(11-13-5-6-19(12-25-13)7-9-24-10-8-19)26-20-17(22)14-3-1-2-4-15(14)18(20)23/h1-4,13H,5-12H2. The molecule has 26 heavy (non-hydrogen) atoms. The Morgan fingerprint density at radius 3 is 2.35 bits per heavy atom. The van der Waals surface area contributed by atoms with Crippen molar-refractivity contribution in [2.45, 2.75) is 38.2 Å². The number of amides is 2. The highest BCUT2D eigenvalue weighted by Gasteiger charge is 2.41. The fraction of sp³-hybridized carbons (Fsp3) is 0.526. The molecule has 7 heteroatoms. The van der Waals surface area contributed by atoms with E-state index in [1.165, 1.54) is 0 Å². The number of hydrogen-bond donors (Lipinski definition) is 0. The molecule has 0 aromatic heterocycles. The summed E-state index contributed by atoms with van der Waals surface area (Å²) in [5.41, 5.74) is 0.669. The van der Waals surface area contributed by atoms with E-state index in [1.54, 1.807) is 24.3 Å². The molecule has 1 unspecified atom stereocenters. The lowest BCUT2D eigenvalue weighted by atomic mass is 9.75. The molecular weight excluding hydrogens is 338 g/mol. The zero-order valence-corrected chi connectivity index (χ0v) is 14.4. The fourth-order valence-corrected chi connectivity index (χ4v) is 3.85. The number of carbonyl (C=O) groups is 3. The molecular formula is C19H21NO6. The quantitative estimate of drug-likeness (QED) is 0.769. The molecule has 0 saturated carbocycles. The average molecular weight is 359 g/mol. The molecule has 1 atom stereocenters. The highest BCUT2D eigenvalue weighted by atomic mass is 16.7. The lowest BCUT2D eigenvalue weighted by Gasteiger charge is -2.42. The molecule has 7 nitrogen and oxygen atoms in total. The maximum atomic E-state index is 12.2. The largest absolute Gasteiger partial charge is 0.381 e. The number of rotatable bonds is 3. The molecule has 0 aliphatic carbocycles. The number of hydroxylamine groups is 2. The Balaban J connectivity index is 1.31. The van der Waals surface area contributed by atoms with Gasteiger partial charge >= 0.3 is 5.97 Å². The summed E-state index contributed by atoms with van der Waals surface area (Å²) in [6.07, 6.45) is 3.50. The van der Waals surface area contributed by atoms with Crippen LogP contribution in [0.2, 0.25) is 0 Å². The Kier molecular flexibility index (Phi) is 4.50. The van der Waals surface area contributed by atoms with Crippen LogP contribution in [0.4, 0.5) is 0 Å². The van der Waals surface area contributed by atoms with Gasteiger partial charge in [0.25, 0.3) is 11.8 Å². The average Bonchev–Trinajstić information content (AvgIpc) is 2.90. The van der Waals surface area contributed by atoms with Crippen molar-refractivity contribution in [2.24, 2.45) is 5.41 Å². The second-order valence-electron chi connectivity index (χ2n) is 7.20. The molecule has 0 radical (unpaired) electrons. The third-order valence-electron chi connectivity index (χ3n) is 5.52. The van der Waals surface area contributed by atoms with Crippen LogP contribution in [0.3, 0.4) is 0 Å². The van der Waals surface area contributed by atoms with Crippen LogP contribution in [0.15, 0.2) is 24.3 Å². The van der Waals surface area contributed by atoms with Gasteiger partial charge in [0.1, 0.15) is 0 Å². The molecule has 3 aliphatic rings. The van der Waals surface area contributed by atoms with Gasteiger partial charge in [-0.1, -0.05) is 17.2 Å². The Bertz CT molecular complexity index is 694. The van der Waals surface area contributed by atoms with Crippen molar-refractivity contribution in [1.29, 1.82) is 0 Å². The molecule has 1 spiro atoms. The number of imide groups is 1. The highest BCUT2D eigenvalue weighted by Crippen LogP contribution is 2.40. The van der Waals surface area contributed by atoms with Gasteiger partial charge in [-0.25, -0.2) is 4.79 Å². The molecule has 2 saturated heterocycles. The molecule has 1 aromatic rings. The van der Waals surface area contributed by atoms with Crippen LogP contribution in [0.25, 0.3) is 0 Å². The first-order valence-electron chi connectivity index (χ1n) is 8.96. The number of nitrogens with zero attached hydrogens (tertiary/aromatic N) is 1. The van der Waals surface area contributed by atoms with E-state index in [0.29, 0.717) is 11.7 Å². The van der Waals surface area contributed by atoms with Gasteiger partial charge < -0.3 is 14.3 Å². The van der Waals surface area contributed by atoms with E-state index >= 15 is 0 Å². The zero-order valence-electron chi connectivity index (χ0n) is 14.4. The second-order valence-corrected chi connectivity index (χ2v) is 7.20. The van der Waals surface area contributed by atoms with Crippen molar-refractivity contribution >= 4 is 17.8 Å². The van der Waals surface area contributed by atoms with Crippen LogP contribution < -0.4 is 0 Å². The normalized spacial score (nSPS) is 24.6. The van der Waals surface area contributed by atoms with Crippen molar-refractivity contribution in [3.63, 3.8) is 0 Å². The summed E-state index contributed by atoms with van der Waals surface area (Å²) in [5, 5.41) is 0.551. The van der Waals surface area contributed by atoms with E-state index in [1.807, 2.05) is 0 Å². The Hall–Kier alpha value is -2.25. The lowest BCUT2D eigenvalue weighted by Crippen LogP contribution is -2.41. The summed E-state index contributed by atoms with van der Waals surface area (Å²) in [7, 11) is 0. The third-order valence-corrected chi connectivity index (χ3v) is 5.52. The Labute approximate surface area is 151 Å². The van der Waals surface area contributed by atoms with E-state index in [2.05, 4.69) is 0 Å². The van der Waals surface area contributed by atoms with Crippen molar-refractivity contribution in [1.82, 2.24) is 5.06 Å². The minimum absolute atomic E-state index is 0.0278. The summed E-state index contributed by atoms with van der Waals surface area (Å²) >= 11 is 0. The first kappa shape index (κ1) is 17.2. The van der Waals surface area contributed by atoms with Crippen molar-refractivity contribution in [2.75, 3.05) is 19.8 Å². The van der Waals surface area contributed by atoms with Crippen molar-refractivity contribution in [3.8, 4) is 0 Å². The Morgan fingerprint density at radius 1 is 1.12 bits per heavy atom. The fourth-order valence-electron chi connectivity index (χ4n) is 3.85. The third kappa shape index (κ3) is 3.12. The maximum absolute atomic E-state index is 12.2. The second kappa shape index (κ2) is 6.81. The zero-order chi connectivity index (χ0) is 18.1. The molecule has 4 rings (SSSR count). The molecule has 2 amide bonds. The maximum Gasteiger partial charge on any atom is 0.335 e. The van der Waals surface area contributed by atoms with Crippen molar-refractivity contribution in [3.05, 3.63) is 35.4 Å². The first-order valence-corrected chi connectivity index (χ1v) is 8.96. The molecule has 138 valence electrons. The topological polar surface area (TPSA) is 82.1 Å². The molecule has 0 bridgehead atoms. The van der Waals surface area contributed by atoms with Crippen LogP contribution >= 0.6 is 0 Å².